The summed E-state index contributed by atoms with van der Waals surface area (Å²) in [5.74, 6) is -3.34. The number of carbonyl (C=O) groups excluding carboxylic acids is 4. The van der Waals surface area contributed by atoms with E-state index in [9.17, 15) is 36.7 Å². The number of aryl methyl sites for hydroxylation is 1. The van der Waals surface area contributed by atoms with E-state index in [1.807, 2.05) is 6.92 Å². The molecule has 4 aromatic carbocycles. The second kappa shape index (κ2) is 25.2. The predicted molar refractivity (Wildman–Crippen MR) is 223 cm³/mol. The van der Waals surface area contributed by atoms with E-state index in [4.69, 9.17) is 9.47 Å². The highest BCUT2D eigenvalue weighted by molar-refractivity contribution is 6.06. The molecule has 0 saturated heterocycles. The number of anilines is 1. The second-order valence-electron chi connectivity index (χ2n) is 12.7. The number of nitrogens with zero attached hydrogens (tertiary/aromatic N) is 3. The lowest BCUT2D eigenvalue weighted by molar-refractivity contribution is -0.117. The molecule has 4 amide bonds. The van der Waals surface area contributed by atoms with Gasteiger partial charge in [-0.2, -0.15) is 0 Å². The number of hydrogen-bond donors (Lipinski definition) is 3. The molecular formula is C45H46F4N6O6. The maximum Gasteiger partial charge on any atom is 0.272 e. The molecule has 12 nitrogen and oxygen atoms in total. The Morgan fingerprint density at radius 2 is 1.25 bits per heavy atom. The predicted octanol–water partition coefficient (Wildman–Crippen LogP) is 6.88. The number of rotatable bonds is 17. The van der Waals surface area contributed by atoms with Crippen LogP contribution in [0.3, 0.4) is 0 Å². The SMILES string of the molecule is C=CCN(C(=O)CNC(=O)c1nccnc1C(=O)NC(Cc1cc(F)cc(F)c1)c1ccc(OC)cc1)c1ccc(OC)cc1.C=CCNC=O.CCc1cc(F)cc(F)c1. The first-order valence-corrected chi connectivity index (χ1v) is 18.6. The molecule has 0 radical (unpaired) electrons. The first kappa shape index (κ1) is 48.0. The maximum absolute atomic E-state index is 14.0. The lowest BCUT2D eigenvalue weighted by Crippen LogP contribution is -2.41. The summed E-state index contributed by atoms with van der Waals surface area (Å²) in [4.78, 5) is 58.7. The topological polar surface area (TPSA) is 152 Å². The van der Waals surface area contributed by atoms with Crippen LogP contribution in [0.2, 0.25) is 0 Å². The van der Waals surface area contributed by atoms with Crippen molar-refractivity contribution in [2.45, 2.75) is 25.8 Å². The molecule has 5 aromatic rings. The minimum absolute atomic E-state index is 0.0214. The number of hydrogen-bond acceptors (Lipinski definition) is 8. The van der Waals surface area contributed by atoms with Crippen LogP contribution in [-0.4, -0.2) is 68.0 Å². The van der Waals surface area contributed by atoms with Gasteiger partial charge in [0, 0.05) is 43.3 Å². The van der Waals surface area contributed by atoms with E-state index in [0.717, 1.165) is 12.1 Å². The van der Waals surface area contributed by atoms with Gasteiger partial charge in [-0.3, -0.25) is 19.2 Å². The largest absolute Gasteiger partial charge is 0.497 e. The van der Waals surface area contributed by atoms with Crippen molar-refractivity contribution in [3.8, 4) is 11.5 Å². The van der Waals surface area contributed by atoms with Gasteiger partial charge >= 0.3 is 0 Å². The van der Waals surface area contributed by atoms with Crippen molar-refractivity contribution < 1.29 is 46.2 Å². The van der Waals surface area contributed by atoms with Crippen molar-refractivity contribution in [3.05, 3.63) is 174 Å². The molecule has 3 N–H and O–H groups in total. The molecule has 5 rings (SSSR count). The van der Waals surface area contributed by atoms with E-state index >= 15 is 0 Å². The van der Waals surface area contributed by atoms with Crippen molar-refractivity contribution in [2.24, 2.45) is 0 Å². The van der Waals surface area contributed by atoms with Gasteiger partial charge in [-0.15, -0.1) is 13.2 Å². The summed E-state index contributed by atoms with van der Waals surface area (Å²) in [6.07, 6.45) is 6.98. The number of methoxy groups -OCH3 is 2. The molecule has 0 bridgehead atoms. The fourth-order valence-corrected chi connectivity index (χ4v) is 5.47. The van der Waals surface area contributed by atoms with Gasteiger partial charge in [0.2, 0.25) is 12.3 Å². The number of ether oxygens (including phenoxy) is 2. The number of halogens is 4. The summed E-state index contributed by atoms with van der Waals surface area (Å²) in [5.41, 5.74) is 1.55. The Hall–Kier alpha value is -7.36. The molecule has 0 aliphatic carbocycles. The number of carbonyl (C=O) groups is 4. The Morgan fingerprint density at radius 1 is 0.738 bits per heavy atom. The normalized spacial score (nSPS) is 10.5. The Morgan fingerprint density at radius 3 is 1.70 bits per heavy atom. The van der Waals surface area contributed by atoms with Crippen LogP contribution in [0.25, 0.3) is 0 Å². The van der Waals surface area contributed by atoms with Gasteiger partial charge < -0.3 is 30.3 Å². The molecule has 0 aliphatic heterocycles. The van der Waals surface area contributed by atoms with Crippen molar-refractivity contribution in [1.29, 1.82) is 0 Å². The van der Waals surface area contributed by atoms with Gasteiger partial charge in [0.05, 0.1) is 26.8 Å². The zero-order valence-electron chi connectivity index (χ0n) is 33.8. The maximum atomic E-state index is 14.0. The van der Waals surface area contributed by atoms with Crippen LogP contribution in [0, 0.1) is 23.3 Å². The van der Waals surface area contributed by atoms with Gasteiger partial charge in [0.25, 0.3) is 11.8 Å². The van der Waals surface area contributed by atoms with Crippen LogP contribution < -0.4 is 30.3 Å². The summed E-state index contributed by atoms with van der Waals surface area (Å²) in [6.45, 7) is 9.26. The van der Waals surface area contributed by atoms with Crippen LogP contribution in [0.5, 0.6) is 11.5 Å². The van der Waals surface area contributed by atoms with E-state index in [0.29, 0.717) is 53.3 Å². The third kappa shape index (κ3) is 15.7. The number of benzene rings is 4. The fourth-order valence-electron chi connectivity index (χ4n) is 5.47. The molecule has 1 unspecified atom stereocenters. The molecule has 0 fully saturated rings. The minimum Gasteiger partial charge on any atom is -0.497 e. The van der Waals surface area contributed by atoms with Crippen LogP contribution in [-0.2, 0) is 22.4 Å². The Labute approximate surface area is 351 Å². The number of aromatic nitrogens is 2. The summed E-state index contributed by atoms with van der Waals surface area (Å²) in [6, 6.07) is 19.4. The monoisotopic (exact) mass is 842 g/mol. The van der Waals surface area contributed by atoms with E-state index in [-0.39, 0.29) is 24.4 Å². The average Bonchev–Trinajstić information content (AvgIpc) is 3.26. The molecule has 61 heavy (non-hydrogen) atoms. The standard InChI is InChI=1S/C33H31F2N5O5.C8H8F2.C4H7NO/c1-4-15-40(25-7-11-27(45-3)12-8-25)29(41)20-38-32(42)30-31(37-14-13-36-30)33(43)39-28(22-5-9-26(44-2)10-6-22)18-21-16-23(34)19-24(35)17-21;1-2-6-3-7(9)5-8(10)4-6;1-2-3-5-4-6/h4-14,16-17,19,28H,1,15,18,20H2,2-3H3,(H,38,42)(H,39,43);3-5H,2H2,1H3;2,4H,1,3H2,(H,5,6). The van der Waals surface area contributed by atoms with E-state index in [1.54, 1.807) is 60.7 Å². The average molecular weight is 843 g/mol. The number of nitrogens with one attached hydrogen (secondary N) is 3. The summed E-state index contributed by atoms with van der Waals surface area (Å²) < 4.78 is 63.0. The minimum atomic E-state index is -0.803. The summed E-state index contributed by atoms with van der Waals surface area (Å²) in [5, 5.41) is 7.70. The Bertz CT molecular complexity index is 2190. The molecule has 1 heterocycles. The fraction of sp³-hybridized carbons (Fsp3) is 0.200. The van der Waals surface area contributed by atoms with Gasteiger partial charge in [-0.1, -0.05) is 31.2 Å². The zero-order valence-corrected chi connectivity index (χ0v) is 33.8. The molecule has 0 saturated carbocycles. The molecule has 1 aromatic heterocycles. The molecule has 16 heteroatoms. The lowest BCUT2D eigenvalue weighted by Gasteiger charge is -2.22. The first-order valence-electron chi connectivity index (χ1n) is 18.6. The highest BCUT2D eigenvalue weighted by atomic mass is 19.1. The Kier molecular flexibility index (Phi) is 19.8. The third-order valence-electron chi connectivity index (χ3n) is 8.39. The van der Waals surface area contributed by atoms with Gasteiger partial charge in [0.15, 0.2) is 11.4 Å². The zero-order chi connectivity index (χ0) is 44.7. The quantitative estimate of drug-likeness (QED) is 0.0397. The summed E-state index contributed by atoms with van der Waals surface area (Å²) in [7, 11) is 3.04. The smallest absolute Gasteiger partial charge is 0.272 e. The third-order valence-corrected chi connectivity index (χ3v) is 8.39. The molecule has 0 spiro atoms. The van der Waals surface area contributed by atoms with Crippen LogP contribution >= 0.6 is 0 Å². The lowest BCUT2D eigenvalue weighted by atomic mass is 9.98. The number of amides is 4. The van der Waals surface area contributed by atoms with Gasteiger partial charge in [-0.25, -0.2) is 27.5 Å². The van der Waals surface area contributed by atoms with Gasteiger partial charge in [-0.05, 0) is 90.2 Å². The molecular weight excluding hydrogens is 797 g/mol. The first-order chi connectivity index (χ1) is 29.3. The molecule has 320 valence electrons. The van der Waals surface area contributed by atoms with Gasteiger partial charge in [0.1, 0.15) is 34.8 Å². The van der Waals surface area contributed by atoms with Crippen LogP contribution in [0.15, 0.2) is 123 Å². The van der Waals surface area contributed by atoms with E-state index in [1.165, 1.54) is 55.8 Å². The Balaban J connectivity index is 0.000000518. The highest BCUT2D eigenvalue weighted by Gasteiger charge is 2.25. The molecule has 0 aliphatic rings. The molecule has 1 atom stereocenters. The van der Waals surface area contributed by atoms with Crippen LogP contribution in [0.1, 0.15) is 50.6 Å². The second-order valence-corrected chi connectivity index (χ2v) is 12.7. The summed E-state index contributed by atoms with van der Waals surface area (Å²) >= 11 is 0. The van der Waals surface area contributed by atoms with E-state index < -0.39 is 53.6 Å². The van der Waals surface area contributed by atoms with Crippen molar-refractivity contribution in [3.63, 3.8) is 0 Å². The van der Waals surface area contributed by atoms with Crippen molar-refractivity contribution in [1.82, 2.24) is 25.9 Å². The van der Waals surface area contributed by atoms with Crippen LogP contribution in [0.4, 0.5) is 23.2 Å². The van der Waals surface area contributed by atoms with E-state index in [2.05, 4.69) is 39.1 Å². The van der Waals surface area contributed by atoms with Crippen molar-refractivity contribution in [2.75, 3.05) is 38.8 Å². The highest BCUT2D eigenvalue weighted by Crippen LogP contribution is 2.24. The van der Waals surface area contributed by atoms with Crippen molar-refractivity contribution >= 4 is 29.8 Å².